The summed E-state index contributed by atoms with van der Waals surface area (Å²) in [4.78, 5) is 7.20. The van der Waals surface area contributed by atoms with Crippen LogP contribution in [-0.4, -0.2) is 62.8 Å². The second-order valence-corrected chi connectivity index (χ2v) is 6.01. The summed E-state index contributed by atoms with van der Waals surface area (Å²) in [6, 6.07) is 0. The molecule has 130 valence electrons. The van der Waals surface area contributed by atoms with Gasteiger partial charge in [-0.25, -0.2) is 0 Å². The highest BCUT2D eigenvalue weighted by Gasteiger charge is 2.14. The highest BCUT2D eigenvalue weighted by molar-refractivity contribution is 14.0. The number of nitrogens with one attached hydrogen (secondary N) is 2. The maximum atomic E-state index is 5.64. The number of nitrogens with zero attached hydrogens (tertiary/aromatic N) is 2. The van der Waals surface area contributed by atoms with E-state index in [4.69, 9.17) is 4.74 Å². The third kappa shape index (κ3) is 7.97. The second kappa shape index (κ2) is 12.4. The summed E-state index contributed by atoms with van der Waals surface area (Å²) < 4.78 is 5.64. The van der Waals surface area contributed by atoms with Crippen LogP contribution >= 0.6 is 24.0 Å². The Kier molecular flexibility index (Phi) is 11.2. The van der Waals surface area contributed by atoms with Crippen LogP contribution in [0.4, 0.5) is 0 Å². The lowest BCUT2D eigenvalue weighted by Crippen LogP contribution is -2.42. The van der Waals surface area contributed by atoms with Crippen LogP contribution in [-0.2, 0) is 4.74 Å². The van der Waals surface area contributed by atoms with Crippen LogP contribution in [0, 0.1) is 0 Å². The zero-order valence-corrected chi connectivity index (χ0v) is 16.3. The summed E-state index contributed by atoms with van der Waals surface area (Å²) in [6.07, 6.45) is 8.01. The number of piperidine rings is 1. The summed E-state index contributed by atoms with van der Waals surface area (Å²) in [5.74, 6) is 0.951. The molecule has 0 saturated carbocycles. The number of ether oxygens (including phenoxy) is 1. The fourth-order valence-electron chi connectivity index (χ4n) is 3.05. The van der Waals surface area contributed by atoms with Gasteiger partial charge in [0, 0.05) is 32.8 Å². The Morgan fingerprint density at radius 3 is 2.68 bits per heavy atom. The molecule has 2 rings (SSSR count). The Morgan fingerprint density at radius 1 is 1.18 bits per heavy atom. The number of aliphatic imine (C=N–C) groups is 1. The van der Waals surface area contributed by atoms with Gasteiger partial charge in [-0.05, 0) is 52.1 Å². The Morgan fingerprint density at radius 2 is 2.00 bits per heavy atom. The van der Waals surface area contributed by atoms with E-state index in [0.29, 0.717) is 6.10 Å². The summed E-state index contributed by atoms with van der Waals surface area (Å²) in [5, 5.41) is 6.78. The standard InChI is InChI=1S/C16H32N4O.HI/c1-2-17-16(18-9-8-15-7-6-14-21-15)19-10-13-20-11-4-3-5-12-20;/h15H,2-14H2,1H3,(H2,17,18,19);1H. The van der Waals surface area contributed by atoms with Gasteiger partial charge in [-0.1, -0.05) is 6.42 Å². The summed E-state index contributed by atoms with van der Waals surface area (Å²) in [5.41, 5.74) is 0. The number of guanidine groups is 1. The number of hydrogen-bond acceptors (Lipinski definition) is 3. The molecule has 0 bridgehead atoms. The minimum atomic E-state index is 0. The fraction of sp³-hybridized carbons (Fsp3) is 0.938. The average Bonchev–Trinajstić information content (AvgIpc) is 3.02. The molecular weight excluding hydrogens is 391 g/mol. The normalized spacial score (nSPS) is 23.1. The number of rotatable bonds is 7. The van der Waals surface area contributed by atoms with Crippen LogP contribution in [0.15, 0.2) is 4.99 Å². The summed E-state index contributed by atoms with van der Waals surface area (Å²) in [7, 11) is 0. The molecule has 2 fully saturated rings. The molecule has 2 N–H and O–H groups in total. The van der Waals surface area contributed by atoms with Crippen LogP contribution in [0.5, 0.6) is 0 Å². The summed E-state index contributed by atoms with van der Waals surface area (Å²) in [6.45, 7) is 9.42. The van der Waals surface area contributed by atoms with E-state index >= 15 is 0 Å². The molecule has 1 atom stereocenters. The minimum absolute atomic E-state index is 0. The van der Waals surface area contributed by atoms with Crippen molar-refractivity contribution in [2.24, 2.45) is 4.99 Å². The summed E-state index contributed by atoms with van der Waals surface area (Å²) >= 11 is 0. The first kappa shape index (κ1) is 20.0. The highest BCUT2D eigenvalue weighted by atomic mass is 127. The van der Waals surface area contributed by atoms with Gasteiger partial charge in [0.25, 0.3) is 0 Å². The number of halogens is 1. The van der Waals surface area contributed by atoms with E-state index in [9.17, 15) is 0 Å². The first-order valence-corrected chi connectivity index (χ1v) is 8.74. The third-order valence-electron chi connectivity index (χ3n) is 4.26. The molecule has 0 spiro atoms. The van der Waals surface area contributed by atoms with Crippen molar-refractivity contribution in [3.05, 3.63) is 0 Å². The molecular formula is C16H33IN4O. The van der Waals surface area contributed by atoms with Gasteiger partial charge in [0.1, 0.15) is 0 Å². The predicted octanol–water partition coefficient (Wildman–Crippen LogP) is 2.21. The molecule has 2 aliphatic rings. The first-order valence-electron chi connectivity index (χ1n) is 8.74. The monoisotopic (exact) mass is 424 g/mol. The van der Waals surface area contributed by atoms with Crippen molar-refractivity contribution >= 4 is 29.9 Å². The van der Waals surface area contributed by atoms with Gasteiger partial charge in [-0.3, -0.25) is 4.99 Å². The Bertz CT molecular complexity index is 303. The van der Waals surface area contributed by atoms with Crippen LogP contribution < -0.4 is 10.6 Å². The fourth-order valence-corrected chi connectivity index (χ4v) is 3.05. The topological polar surface area (TPSA) is 48.9 Å². The largest absolute Gasteiger partial charge is 0.378 e. The predicted molar refractivity (Wildman–Crippen MR) is 103 cm³/mol. The van der Waals surface area contributed by atoms with E-state index in [1.807, 2.05) is 0 Å². The molecule has 6 heteroatoms. The molecule has 0 aromatic rings. The third-order valence-corrected chi connectivity index (χ3v) is 4.26. The molecule has 0 aliphatic carbocycles. The molecule has 0 aromatic heterocycles. The minimum Gasteiger partial charge on any atom is -0.378 e. The van der Waals surface area contributed by atoms with Crippen molar-refractivity contribution in [1.82, 2.24) is 15.5 Å². The van der Waals surface area contributed by atoms with Crippen molar-refractivity contribution in [2.75, 3.05) is 45.9 Å². The van der Waals surface area contributed by atoms with Crippen LogP contribution in [0.1, 0.15) is 45.4 Å². The van der Waals surface area contributed by atoms with Crippen LogP contribution in [0.2, 0.25) is 0 Å². The van der Waals surface area contributed by atoms with Gasteiger partial charge in [-0.15, -0.1) is 24.0 Å². The Balaban J connectivity index is 0.00000242. The van der Waals surface area contributed by atoms with Crippen molar-refractivity contribution in [3.63, 3.8) is 0 Å². The smallest absolute Gasteiger partial charge is 0.191 e. The molecule has 0 aromatic carbocycles. The quantitative estimate of drug-likeness (QED) is 0.374. The van der Waals surface area contributed by atoms with E-state index in [0.717, 1.165) is 45.2 Å². The lowest BCUT2D eigenvalue weighted by atomic mass is 10.1. The SMILES string of the molecule is CCNC(=NCCC1CCCO1)NCCN1CCCCC1.I. The van der Waals surface area contributed by atoms with Crippen molar-refractivity contribution in [2.45, 2.75) is 51.6 Å². The van der Waals surface area contributed by atoms with Gasteiger partial charge >= 0.3 is 0 Å². The lowest BCUT2D eigenvalue weighted by Gasteiger charge is -2.26. The molecule has 2 heterocycles. The lowest BCUT2D eigenvalue weighted by molar-refractivity contribution is 0.106. The van der Waals surface area contributed by atoms with Gasteiger partial charge in [0.05, 0.1) is 6.10 Å². The van der Waals surface area contributed by atoms with Gasteiger partial charge in [0.15, 0.2) is 5.96 Å². The first-order chi connectivity index (χ1) is 10.4. The van der Waals surface area contributed by atoms with E-state index in [1.165, 1.54) is 45.2 Å². The van der Waals surface area contributed by atoms with Crippen LogP contribution in [0.25, 0.3) is 0 Å². The Hall–Kier alpha value is -0.0800. The maximum Gasteiger partial charge on any atom is 0.191 e. The zero-order chi connectivity index (χ0) is 14.8. The molecule has 1 unspecified atom stereocenters. The van der Waals surface area contributed by atoms with E-state index in [2.05, 4.69) is 27.4 Å². The molecule has 5 nitrogen and oxygen atoms in total. The Labute approximate surface area is 152 Å². The molecule has 22 heavy (non-hydrogen) atoms. The zero-order valence-electron chi connectivity index (χ0n) is 14.0. The molecule has 0 radical (unpaired) electrons. The van der Waals surface area contributed by atoms with Crippen LogP contribution in [0.3, 0.4) is 0 Å². The highest BCUT2D eigenvalue weighted by Crippen LogP contribution is 2.14. The van der Waals surface area contributed by atoms with Gasteiger partial charge < -0.3 is 20.3 Å². The van der Waals surface area contributed by atoms with Crippen molar-refractivity contribution < 1.29 is 4.74 Å². The maximum absolute atomic E-state index is 5.64. The van der Waals surface area contributed by atoms with E-state index < -0.39 is 0 Å². The second-order valence-electron chi connectivity index (χ2n) is 6.01. The van der Waals surface area contributed by atoms with Crippen molar-refractivity contribution in [1.29, 1.82) is 0 Å². The van der Waals surface area contributed by atoms with E-state index in [1.54, 1.807) is 0 Å². The average molecular weight is 424 g/mol. The number of hydrogen-bond donors (Lipinski definition) is 2. The molecule has 2 saturated heterocycles. The van der Waals surface area contributed by atoms with E-state index in [-0.39, 0.29) is 24.0 Å². The van der Waals surface area contributed by atoms with Crippen molar-refractivity contribution in [3.8, 4) is 0 Å². The molecule has 0 amide bonds. The van der Waals surface area contributed by atoms with Gasteiger partial charge in [-0.2, -0.15) is 0 Å². The molecule has 2 aliphatic heterocycles. The van der Waals surface area contributed by atoms with Gasteiger partial charge in [0.2, 0.25) is 0 Å². The number of likely N-dealkylation sites (tertiary alicyclic amines) is 1.